The van der Waals surface area contributed by atoms with E-state index in [1.807, 2.05) is 25.7 Å². The Kier molecular flexibility index (Phi) is 8.06. The molecule has 2 heterocycles. The third kappa shape index (κ3) is 5.54. The van der Waals surface area contributed by atoms with Crippen molar-refractivity contribution in [2.75, 3.05) is 19.3 Å². The highest BCUT2D eigenvalue weighted by Gasteiger charge is 2.49. The summed E-state index contributed by atoms with van der Waals surface area (Å²) in [6, 6.07) is 1.25. The van der Waals surface area contributed by atoms with Crippen molar-refractivity contribution >= 4 is 28.7 Å². The Balaban J connectivity index is 1.70. The van der Waals surface area contributed by atoms with Crippen molar-refractivity contribution in [3.8, 4) is 0 Å². The predicted molar refractivity (Wildman–Crippen MR) is 128 cm³/mol. The second-order valence-electron chi connectivity index (χ2n) is 10.5. The third-order valence-corrected chi connectivity index (χ3v) is 8.94. The first-order chi connectivity index (χ1) is 14.9. The highest BCUT2D eigenvalue weighted by molar-refractivity contribution is 7.90. The van der Waals surface area contributed by atoms with Gasteiger partial charge in [0.25, 0.3) is 5.56 Å². The first-order valence-electron chi connectivity index (χ1n) is 11.7. The lowest BCUT2D eigenvalue weighted by molar-refractivity contribution is -0.157. The molecule has 1 aromatic heterocycles. The van der Waals surface area contributed by atoms with Gasteiger partial charge >= 0.3 is 0 Å². The maximum Gasteiger partial charge on any atom is 0.252 e. The van der Waals surface area contributed by atoms with Crippen LogP contribution in [0.3, 0.4) is 0 Å². The van der Waals surface area contributed by atoms with E-state index >= 15 is 0 Å². The van der Waals surface area contributed by atoms with Gasteiger partial charge in [-0.25, -0.2) is 0 Å². The number of aromatic nitrogens is 1. The first-order valence-corrected chi connectivity index (χ1v) is 13.6. The molecule has 2 fully saturated rings. The van der Waals surface area contributed by atoms with Gasteiger partial charge in [-0.3, -0.25) is 9.59 Å². The van der Waals surface area contributed by atoms with E-state index < -0.39 is 22.2 Å². The van der Waals surface area contributed by atoms with Gasteiger partial charge in [-0.15, -0.1) is 0 Å². The number of nitrogens with zero attached hydrogens (tertiary/aromatic N) is 2. The highest BCUT2D eigenvalue weighted by atomic mass is 35.5. The normalized spacial score (nSPS) is 26.0. The maximum atomic E-state index is 13.2. The van der Waals surface area contributed by atoms with Crippen LogP contribution in [0.25, 0.3) is 0 Å². The first kappa shape index (κ1) is 25.6. The third-order valence-electron chi connectivity index (χ3n) is 7.57. The molecule has 0 spiro atoms. The zero-order chi connectivity index (χ0) is 23.7. The van der Waals surface area contributed by atoms with Crippen LogP contribution in [0.2, 0.25) is 5.02 Å². The molecule has 1 saturated heterocycles. The van der Waals surface area contributed by atoms with Gasteiger partial charge in [0, 0.05) is 30.5 Å². The smallest absolute Gasteiger partial charge is 0.252 e. The SMILES string of the molecule is C[C@H](CC1CCCCC1)C(=O)N1CCC(O)(Cn2cc([S+](C)[O-])c(Cl)cc2=O)C(C)(C)C1. The van der Waals surface area contributed by atoms with Crippen LogP contribution in [-0.4, -0.2) is 50.0 Å². The largest absolute Gasteiger partial charge is 0.612 e. The van der Waals surface area contributed by atoms with Crippen molar-refractivity contribution in [3.63, 3.8) is 0 Å². The van der Waals surface area contributed by atoms with Crippen LogP contribution in [0.1, 0.15) is 65.7 Å². The molecule has 1 amide bonds. The average molecular weight is 485 g/mol. The van der Waals surface area contributed by atoms with Crippen LogP contribution in [0.4, 0.5) is 0 Å². The number of rotatable bonds is 6. The summed E-state index contributed by atoms with van der Waals surface area (Å²) < 4.78 is 13.4. The zero-order valence-corrected chi connectivity index (χ0v) is 21.3. The summed E-state index contributed by atoms with van der Waals surface area (Å²) in [4.78, 5) is 27.9. The Morgan fingerprint density at radius 1 is 1.34 bits per heavy atom. The molecule has 3 atom stereocenters. The number of aliphatic hydroxyl groups is 1. The molecule has 1 N–H and O–H groups in total. The fraction of sp³-hybridized carbons (Fsp3) is 0.750. The Bertz CT molecular complexity index is 881. The molecule has 8 heteroatoms. The highest BCUT2D eigenvalue weighted by Crippen LogP contribution is 2.41. The van der Waals surface area contributed by atoms with E-state index in [9.17, 15) is 19.2 Å². The quantitative estimate of drug-likeness (QED) is 0.621. The van der Waals surface area contributed by atoms with Crippen LogP contribution in [0, 0.1) is 17.3 Å². The summed E-state index contributed by atoms with van der Waals surface area (Å²) in [6.45, 7) is 6.88. The van der Waals surface area contributed by atoms with Crippen LogP contribution < -0.4 is 5.56 Å². The molecular weight excluding hydrogens is 448 g/mol. The number of halogens is 1. The maximum absolute atomic E-state index is 13.2. The summed E-state index contributed by atoms with van der Waals surface area (Å²) in [5.74, 6) is 0.798. The Morgan fingerprint density at radius 3 is 2.59 bits per heavy atom. The molecule has 180 valence electrons. The molecule has 0 radical (unpaired) electrons. The summed E-state index contributed by atoms with van der Waals surface area (Å²) in [6.07, 6.45) is 10.6. The molecule has 32 heavy (non-hydrogen) atoms. The number of pyridine rings is 1. The summed E-state index contributed by atoms with van der Waals surface area (Å²) in [5, 5.41) is 11.7. The fourth-order valence-corrected chi connectivity index (χ4v) is 6.40. The van der Waals surface area contributed by atoms with Crippen molar-refractivity contribution < 1.29 is 14.5 Å². The van der Waals surface area contributed by atoms with Crippen LogP contribution in [-0.2, 0) is 22.5 Å². The monoisotopic (exact) mass is 484 g/mol. The van der Waals surface area contributed by atoms with Gasteiger partial charge in [0.2, 0.25) is 5.91 Å². The topological polar surface area (TPSA) is 85.6 Å². The van der Waals surface area contributed by atoms with E-state index in [1.54, 1.807) is 0 Å². The van der Waals surface area contributed by atoms with E-state index in [2.05, 4.69) is 0 Å². The average Bonchev–Trinajstić information content (AvgIpc) is 2.72. The van der Waals surface area contributed by atoms with Crippen LogP contribution in [0.5, 0.6) is 0 Å². The summed E-state index contributed by atoms with van der Waals surface area (Å²) >= 11 is 4.72. The predicted octanol–water partition coefficient (Wildman–Crippen LogP) is 3.84. The van der Waals surface area contributed by atoms with Crippen molar-refractivity contribution in [2.24, 2.45) is 17.3 Å². The van der Waals surface area contributed by atoms with E-state index in [4.69, 9.17) is 11.6 Å². The van der Waals surface area contributed by atoms with Gasteiger partial charge < -0.3 is 19.1 Å². The van der Waals surface area contributed by atoms with E-state index in [1.165, 1.54) is 55.2 Å². The second kappa shape index (κ2) is 10.1. The van der Waals surface area contributed by atoms with Crippen molar-refractivity contribution in [3.05, 3.63) is 27.6 Å². The number of hydrogen-bond donors (Lipinski definition) is 1. The number of piperidine rings is 1. The number of carbonyl (C=O) groups excluding carboxylic acids is 1. The lowest BCUT2D eigenvalue weighted by atomic mass is 9.69. The zero-order valence-electron chi connectivity index (χ0n) is 19.7. The molecule has 1 aromatic rings. The molecule has 1 saturated carbocycles. The van der Waals surface area contributed by atoms with Crippen LogP contribution in [0.15, 0.2) is 22.0 Å². The number of likely N-dealkylation sites (tertiary alicyclic amines) is 1. The standard InChI is InChI=1S/C24H37ClN2O4S/c1-17(12-18-8-6-5-7-9-18)22(29)26-11-10-24(30,23(2,3)15-26)16-27-14-20(32(4)31)19(25)13-21(27)28/h13-14,17-18,30H,5-12,15-16H2,1-4H3/t17-,24?,32?/m1/s1. The van der Waals surface area contributed by atoms with Gasteiger partial charge in [0.1, 0.15) is 11.3 Å². The Morgan fingerprint density at radius 2 is 2.00 bits per heavy atom. The molecule has 2 unspecified atom stereocenters. The molecule has 0 aromatic carbocycles. The number of hydrogen-bond acceptors (Lipinski definition) is 4. The summed E-state index contributed by atoms with van der Waals surface area (Å²) in [7, 11) is 0. The minimum absolute atomic E-state index is 0.0129. The van der Waals surface area contributed by atoms with Crippen LogP contribution >= 0.6 is 11.6 Å². The minimum atomic E-state index is -1.35. The lowest BCUT2D eigenvalue weighted by Gasteiger charge is -2.51. The molecule has 0 bridgehead atoms. The summed E-state index contributed by atoms with van der Waals surface area (Å²) in [5.41, 5.74) is -2.13. The molecule has 1 aliphatic heterocycles. The molecule has 6 nitrogen and oxygen atoms in total. The Hall–Kier alpha value is -1.02. The minimum Gasteiger partial charge on any atom is -0.612 e. The number of carbonyl (C=O) groups is 1. The fourth-order valence-electron chi connectivity index (χ4n) is 5.32. The van der Waals surface area contributed by atoms with Crippen molar-refractivity contribution in [1.29, 1.82) is 0 Å². The second-order valence-corrected chi connectivity index (χ2v) is 12.2. The van der Waals surface area contributed by atoms with Crippen molar-refractivity contribution in [1.82, 2.24) is 9.47 Å². The van der Waals surface area contributed by atoms with Gasteiger partial charge in [0.15, 0.2) is 4.90 Å². The van der Waals surface area contributed by atoms with E-state index in [-0.39, 0.29) is 29.0 Å². The molecule has 2 aliphatic rings. The van der Waals surface area contributed by atoms with Gasteiger partial charge in [0.05, 0.1) is 18.3 Å². The van der Waals surface area contributed by atoms with Gasteiger partial charge in [-0.1, -0.05) is 64.5 Å². The van der Waals surface area contributed by atoms with Gasteiger partial charge in [-0.05, 0) is 29.9 Å². The van der Waals surface area contributed by atoms with E-state index in [0.29, 0.717) is 30.3 Å². The molecule has 3 rings (SSSR count). The lowest BCUT2D eigenvalue weighted by Crippen LogP contribution is -2.61. The number of amides is 1. The molecular formula is C24H37ClN2O4S. The van der Waals surface area contributed by atoms with Crippen molar-refractivity contribution in [2.45, 2.75) is 82.8 Å². The molecule has 1 aliphatic carbocycles. The van der Waals surface area contributed by atoms with E-state index in [0.717, 1.165) is 6.42 Å². The Labute approximate surface area is 199 Å². The van der Waals surface area contributed by atoms with Gasteiger partial charge in [-0.2, -0.15) is 0 Å².